The van der Waals surface area contributed by atoms with Crippen LogP contribution in [0.4, 0.5) is 0 Å². The van der Waals surface area contributed by atoms with Crippen LogP contribution in [0.5, 0.6) is 5.75 Å². The van der Waals surface area contributed by atoms with Gasteiger partial charge in [0.2, 0.25) is 0 Å². The van der Waals surface area contributed by atoms with Crippen LogP contribution >= 0.6 is 0 Å². The first-order valence-electron chi connectivity index (χ1n) is 6.17. The van der Waals surface area contributed by atoms with Gasteiger partial charge < -0.3 is 10.0 Å². The van der Waals surface area contributed by atoms with Crippen molar-refractivity contribution in [3.63, 3.8) is 0 Å². The molecule has 1 amide bonds. The third kappa shape index (κ3) is 1.75. The minimum Gasteiger partial charge on any atom is -0.508 e. The molecule has 1 N–H and O–H groups in total. The predicted molar refractivity (Wildman–Crippen MR) is 46.1 cm³/mol. The van der Waals surface area contributed by atoms with E-state index in [2.05, 4.69) is 0 Å². The topological polar surface area (TPSA) is 40.5 Å². The zero-order valence-electron chi connectivity index (χ0n) is 12.1. The highest BCUT2D eigenvalue weighted by atomic mass is 16.3. The Hall–Kier alpha value is -1.51. The summed E-state index contributed by atoms with van der Waals surface area (Å²) in [6, 6.07) is 4.84. The molecule has 64 valence electrons. The summed E-state index contributed by atoms with van der Waals surface area (Å²) in [4.78, 5) is 11.7. The van der Waals surface area contributed by atoms with E-state index < -0.39 is 19.9 Å². The number of phenolic OH excluding ortho intramolecular Hbond substituents is 1. The van der Waals surface area contributed by atoms with Gasteiger partial charge in [-0.15, -0.1) is 0 Å². The Morgan fingerprint density at radius 3 is 2.92 bits per heavy atom. The van der Waals surface area contributed by atoms with Gasteiger partial charge >= 0.3 is 0 Å². The first-order chi connectivity index (χ1) is 8.03. The van der Waals surface area contributed by atoms with Gasteiger partial charge in [0.05, 0.1) is 0 Å². The molecule has 0 aliphatic rings. The van der Waals surface area contributed by atoms with Crippen LogP contribution < -0.4 is 0 Å². The molecule has 0 bridgehead atoms. The molecule has 0 saturated heterocycles. The van der Waals surface area contributed by atoms with Gasteiger partial charge in [-0.1, -0.05) is 6.07 Å². The van der Waals surface area contributed by atoms with Crippen molar-refractivity contribution in [2.75, 3.05) is 14.0 Å². The lowest BCUT2D eigenvalue weighted by molar-refractivity contribution is 0.0827. The van der Waals surface area contributed by atoms with Gasteiger partial charge in [-0.2, -0.15) is 0 Å². The van der Waals surface area contributed by atoms with Crippen LogP contribution in [0.3, 0.4) is 0 Å². The summed E-state index contributed by atoms with van der Waals surface area (Å²) in [6.45, 7) is -6.18. The quantitative estimate of drug-likeness (QED) is 0.687. The summed E-state index contributed by atoms with van der Waals surface area (Å²) >= 11 is 0. The normalized spacial score (nSPS) is 19.0. The molecule has 0 aliphatic heterocycles. The molecule has 0 heterocycles. The molecule has 0 unspecified atom stereocenters. The highest BCUT2D eigenvalue weighted by Crippen LogP contribution is 2.11. The average molecular weight is 171 g/mol. The number of hydrogen-bond acceptors (Lipinski definition) is 2. The molecule has 3 nitrogen and oxygen atoms in total. The molecule has 0 aromatic heterocycles. The molecule has 0 atom stereocenters. The second-order valence-corrected chi connectivity index (χ2v) is 2.19. The Morgan fingerprint density at radius 1 is 1.58 bits per heavy atom. The SMILES string of the molecule is [2H]C([2H])([2H])N(C(=O)c1cccc(O)c1)C([2H])([2H])[2H]. The van der Waals surface area contributed by atoms with Crippen LogP contribution in [0.25, 0.3) is 0 Å². The van der Waals surface area contributed by atoms with Crippen LogP contribution in [-0.2, 0) is 0 Å². The molecular formula is C9H11NO2. The van der Waals surface area contributed by atoms with E-state index in [1.165, 1.54) is 18.2 Å². The molecule has 12 heavy (non-hydrogen) atoms. The number of aromatic hydroxyl groups is 1. The van der Waals surface area contributed by atoms with Crippen molar-refractivity contribution in [2.24, 2.45) is 0 Å². The Balaban J connectivity index is 3.20. The van der Waals surface area contributed by atoms with E-state index in [-0.39, 0.29) is 16.2 Å². The molecule has 0 aliphatic carbocycles. The molecule has 0 saturated carbocycles. The van der Waals surface area contributed by atoms with Crippen molar-refractivity contribution in [1.82, 2.24) is 4.90 Å². The average Bonchev–Trinajstić information content (AvgIpc) is 2.12. The van der Waals surface area contributed by atoms with Gasteiger partial charge in [0.15, 0.2) is 0 Å². The van der Waals surface area contributed by atoms with Crippen molar-refractivity contribution in [3.8, 4) is 5.75 Å². The summed E-state index contributed by atoms with van der Waals surface area (Å²) < 4.78 is 42.6. The van der Waals surface area contributed by atoms with Crippen molar-refractivity contribution in [1.29, 1.82) is 0 Å². The standard InChI is InChI=1S/C9H11NO2/c1-10(2)9(12)7-4-3-5-8(11)6-7/h3-6,11H,1-2H3/i1D3,2D3. The molecule has 0 spiro atoms. The Bertz CT molecular complexity index is 439. The minimum atomic E-state index is -3.09. The largest absolute Gasteiger partial charge is 0.508 e. The number of carbonyl (C=O) groups excluding carboxylic acids is 1. The lowest BCUT2D eigenvalue weighted by atomic mass is 10.2. The van der Waals surface area contributed by atoms with Crippen LogP contribution in [0, 0.1) is 0 Å². The minimum absolute atomic E-state index is 0.158. The fraction of sp³-hybridized carbons (Fsp3) is 0.222. The second-order valence-electron chi connectivity index (χ2n) is 2.19. The van der Waals surface area contributed by atoms with Crippen molar-refractivity contribution in [2.45, 2.75) is 0 Å². The van der Waals surface area contributed by atoms with Crippen molar-refractivity contribution < 1.29 is 18.1 Å². The summed E-state index contributed by atoms with van der Waals surface area (Å²) in [5, 5.41) is 9.20. The first-order valence-corrected chi connectivity index (χ1v) is 3.17. The first kappa shape index (κ1) is 3.47. The van der Waals surface area contributed by atoms with Gasteiger partial charge in [0, 0.05) is 27.7 Å². The summed E-state index contributed by atoms with van der Waals surface area (Å²) in [5.41, 5.74) is -0.206. The van der Waals surface area contributed by atoms with Crippen molar-refractivity contribution in [3.05, 3.63) is 29.8 Å². The molecule has 1 aromatic carbocycles. The van der Waals surface area contributed by atoms with Crippen LogP contribution in [0.1, 0.15) is 18.6 Å². The van der Waals surface area contributed by atoms with Crippen LogP contribution in [0.15, 0.2) is 24.3 Å². The highest BCUT2D eigenvalue weighted by Gasteiger charge is 2.06. The Kier molecular flexibility index (Phi) is 0.943. The zero-order valence-corrected chi connectivity index (χ0v) is 6.11. The maximum Gasteiger partial charge on any atom is 0.253 e. The van der Waals surface area contributed by atoms with Gasteiger partial charge in [-0.3, -0.25) is 4.79 Å². The number of nitrogens with zero attached hydrogens (tertiary/aromatic N) is 1. The van der Waals surface area contributed by atoms with E-state index in [1.807, 2.05) is 0 Å². The molecule has 1 rings (SSSR count). The number of rotatable bonds is 1. The third-order valence-corrected chi connectivity index (χ3v) is 1.30. The monoisotopic (exact) mass is 171 g/mol. The second kappa shape index (κ2) is 3.26. The molecule has 0 radical (unpaired) electrons. The number of benzene rings is 1. The third-order valence-electron chi connectivity index (χ3n) is 1.30. The number of phenols is 1. The van der Waals surface area contributed by atoms with Gasteiger partial charge in [0.25, 0.3) is 5.91 Å². The molecule has 3 heteroatoms. The lowest BCUT2D eigenvalue weighted by Gasteiger charge is -2.09. The van der Waals surface area contributed by atoms with E-state index in [9.17, 15) is 9.90 Å². The Morgan fingerprint density at radius 2 is 2.33 bits per heavy atom. The summed E-state index contributed by atoms with van der Waals surface area (Å²) in [5.74, 6) is -1.44. The van der Waals surface area contributed by atoms with Crippen LogP contribution in [0.2, 0.25) is 0 Å². The maximum absolute atomic E-state index is 11.9. The molecule has 0 fully saturated rings. The molecule has 1 aromatic rings. The fourth-order valence-corrected chi connectivity index (χ4v) is 0.768. The Labute approximate surface area is 79.7 Å². The highest BCUT2D eigenvalue weighted by molar-refractivity contribution is 5.94. The summed E-state index contributed by atoms with van der Waals surface area (Å²) in [6.07, 6.45) is 0. The van der Waals surface area contributed by atoms with E-state index in [0.29, 0.717) is 0 Å². The number of amides is 1. The summed E-state index contributed by atoms with van der Waals surface area (Å²) in [7, 11) is 0. The van der Waals surface area contributed by atoms with Crippen LogP contribution in [-0.4, -0.2) is 29.9 Å². The maximum atomic E-state index is 11.9. The lowest BCUT2D eigenvalue weighted by Crippen LogP contribution is -2.21. The number of hydrogen-bond donors (Lipinski definition) is 1. The predicted octanol–water partition coefficient (Wildman–Crippen LogP) is 1.09. The molecular weight excluding hydrogens is 154 g/mol. The smallest absolute Gasteiger partial charge is 0.253 e. The zero-order chi connectivity index (χ0) is 14.1. The van der Waals surface area contributed by atoms with Crippen molar-refractivity contribution >= 4 is 5.91 Å². The van der Waals surface area contributed by atoms with E-state index in [1.54, 1.807) is 0 Å². The van der Waals surface area contributed by atoms with Gasteiger partial charge in [-0.25, -0.2) is 0 Å². The fourth-order valence-electron chi connectivity index (χ4n) is 0.768. The number of carbonyl (C=O) groups is 1. The van der Waals surface area contributed by atoms with E-state index >= 15 is 0 Å². The van der Waals surface area contributed by atoms with E-state index in [0.717, 1.165) is 6.07 Å². The van der Waals surface area contributed by atoms with E-state index in [4.69, 9.17) is 8.22 Å². The van der Waals surface area contributed by atoms with Gasteiger partial charge in [-0.05, 0) is 18.2 Å². The van der Waals surface area contributed by atoms with Gasteiger partial charge in [0.1, 0.15) is 5.75 Å².